The van der Waals surface area contributed by atoms with Crippen molar-refractivity contribution < 1.29 is 9.53 Å². The van der Waals surface area contributed by atoms with Gasteiger partial charge in [-0.05, 0) is 52.7 Å². The van der Waals surface area contributed by atoms with Crippen LogP contribution in [0.25, 0.3) is 95.3 Å². The van der Waals surface area contributed by atoms with Crippen LogP contribution in [-0.4, -0.2) is 28.2 Å². The molecule has 0 atom stereocenters. The van der Waals surface area contributed by atoms with Gasteiger partial charge in [-0.15, -0.1) is 22.7 Å². The summed E-state index contributed by atoms with van der Waals surface area (Å²) in [4.78, 5) is 46.4. The molecular weight excluding hydrogens is 793 g/mol. The molecule has 0 spiro atoms. The number of aromatic nitrogens is 5. The van der Waals surface area contributed by atoms with E-state index >= 15 is 0 Å². The van der Waals surface area contributed by atoms with Crippen LogP contribution in [0.15, 0.2) is 124 Å². The van der Waals surface area contributed by atoms with Gasteiger partial charge in [0.25, 0.3) is 5.43 Å². The maximum atomic E-state index is 14.0. The van der Waals surface area contributed by atoms with Gasteiger partial charge in [-0.2, -0.15) is 17.5 Å². The molecule has 0 aliphatic heterocycles. The minimum absolute atomic E-state index is 0.0826. The first kappa shape index (κ1) is 32.6. The van der Waals surface area contributed by atoms with Crippen LogP contribution < -0.4 is 16.2 Å². The van der Waals surface area contributed by atoms with E-state index in [1.54, 1.807) is 33.3 Å². The number of rotatable bonds is 4. The van der Waals surface area contributed by atoms with E-state index in [4.69, 9.17) is 22.8 Å². The fourth-order valence-electron chi connectivity index (χ4n) is 7.87. The smallest absolute Gasteiger partial charge is 0.419 e. The van der Waals surface area contributed by atoms with Crippen LogP contribution in [0.4, 0.5) is 10.5 Å². The minimum Gasteiger partial charge on any atom is -0.444 e. The Morgan fingerprint density at radius 3 is 2.14 bits per heavy atom. The third kappa shape index (κ3) is 4.78. The number of fused-ring (bicyclic) bond motifs is 12. The summed E-state index contributed by atoms with van der Waals surface area (Å²) in [5.74, 6) is 0. The van der Waals surface area contributed by atoms with Gasteiger partial charge in [0.15, 0.2) is 0 Å². The molecular formula is C43H20N6O4S4. The summed E-state index contributed by atoms with van der Waals surface area (Å²) in [6, 6.07) is 35.0. The van der Waals surface area contributed by atoms with Crippen LogP contribution in [0.3, 0.4) is 0 Å². The van der Waals surface area contributed by atoms with Crippen LogP contribution in [0.1, 0.15) is 5.56 Å². The summed E-state index contributed by atoms with van der Waals surface area (Å²) >= 11 is 5.40. The maximum Gasteiger partial charge on any atom is 0.419 e. The van der Waals surface area contributed by atoms with Crippen LogP contribution in [0.5, 0.6) is 0 Å². The second-order valence-electron chi connectivity index (χ2n) is 13.7. The fourth-order valence-corrected chi connectivity index (χ4v) is 11.5. The quantitative estimate of drug-likeness (QED) is 0.161. The largest absolute Gasteiger partial charge is 0.444 e. The van der Waals surface area contributed by atoms with Crippen molar-refractivity contribution in [3.05, 3.63) is 141 Å². The minimum atomic E-state index is -0.655. The molecule has 0 saturated carbocycles. The van der Waals surface area contributed by atoms with Crippen LogP contribution in [0, 0.1) is 0 Å². The van der Waals surface area contributed by atoms with E-state index in [1.165, 1.54) is 0 Å². The van der Waals surface area contributed by atoms with Crippen molar-refractivity contribution in [2.24, 2.45) is 4.99 Å². The summed E-state index contributed by atoms with van der Waals surface area (Å²) in [6.07, 6.45) is -0.451. The molecule has 0 fully saturated rings. The number of nitrogens with zero attached hydrogens (tertiary/aromatic N) is 6. The molecule has 0 amide bonds. The summed E-state index contributed by atoms with van der Waals surface area (Å²) in [5, 5.41) is 5.25. The second-order valence-corrected chi connectivity index (χ2v) is 16.8. The van der Waals surface area contributed by atoms with Gasteiger partial charge in [-0.25, -0.2) is 14.4 Å². The Labute approximate surface area is 335 Å². The van der Waals surface area contributed by atoms with E-state index < -0.39 is 17.0 Å². The molecule has 0 aliphatic rings. The summed E-state index contributed by atoms with van der Waals surface area (Å²) in [6.45, 7) is 0.148. The highest BCUT2D eigenvalue weighted by Crippen LogP contribution is 2.48. The molecule has 0 bridgehead atoms. The fraction of sp³-hybridized carbons (Fsp3) is 0.0233. The molecule has 7 aromatic carbocycles. The molecule has 5 aromatic heterocycles. The molecule has 57 heavy (non-hydrogen) atoms. The zero-order valence-electron chi connectivity index (χ0n) is 29.0. The Kier molecular flexibility index (Phi) is 6.99. The molecule has 0 N–H and O–H groups in total. The normalized spacial score (nSPS) is 12.6. The SMILES string of the molecule is O=C(OCc1ccccc1)n1c2cc(-c3cc4c(cc(/N=c5\c(=O)c(=O)c6cc7ccccc7cc56)c5nsnc54)c4nsnc34)sc2c2sc3ccccc3c21. The molecule has 5 heterocycles. The Balaban J connectivity index is 1.06. The molecule has 0 unspecified atom stereocenters. The Hall–Kier alpha value is -6.58. The highest BCUT2D eigenvalue weighted by Gasteiger charge is 2.26. The number of carbonyl (C=O) groups is 1. The van der Waals surface area contributed by atoms with Crippen molar-refractivity contribution in [1.82, 2.24) is 22.1 Å². The third-order valence-corrected chi connectivity index (χ3v) is 14.0. The van der Waals surface area contributed by atoms with E-state index in [0.29, 0.717) is 38.5 Å². The average Bonchev–Trinajstić information content (AvgIpc) is 4.10. The lowest BCUT2D eigenvalue weighted by Crippen LogP contribution is -2.30. The highest BCUT2D eigenvalue weighted by molar-refractivity contribution is 7.32. The zero-order chi connectivity index (χ0) is 37.9. The summed E-state index contributed by atoms with van der Waals surface area (Å²) < 4.78 is 29.6. The molecule has 0 aliphatic carbocycles. The first-order chi connectivity index (χ1) is 28.0. The lowest BCUT2D eigenvalue weighted by molar-refractivity contribution is 0.143. The van der Waals surface area contributed by atoms with Crippen molar-refractivity contribution in [2.45, 2.75) is 6.61 Å². The number of hydrogen-bond acceptors (Lipinski definition) is 13. The molecule has 0 saturated heterocycles. The highest BCUT2D eigenvalue weighted by atomic mass is 32.1. The van der Waals surface area contributed by atoms with E-state index in [9.17, 15) is 14.4 Å². The Bertz CT molecular complexity index is 3850. The average molecular weight is 813 g/mol. The molecule has 10 nitrogen and oxygen atoms in total. The van der Waals surface area contributed by atoms with Crippen LogP contribution in [0.2, 0.25) is 0 Å². The van der Waals surface area contributed by atoms with Gasteiger partial charge in [0.1, 0.15) is 34.0 Å². The van der Waals surface area contributed by atoms with Crippen molar-refractivity contribution in [3.8, 4) is 10.4 Å². The van der Waals surface area contributed by atoms with Crippen molar-refractivity contribution in [1.29, 1.82) is 0 Å². The molecule has 14 heteroatoms. The summed E-state index contributed by atoms with van der Waals surface area (Å²) in [5.41, 5.74) is 4.98. The van der Waals surface area contributed by atoms with Gasteiger partial charge in [0.05, 0.1) is 49.6 Å². The zero-order valence-corrected chi connectivity index (χ0v) is 32.3. The monoisotopic (exact) mass is 812 g/mol. The number of carbonyl (C=O) groups excluding carboxylic acids is 1. The van der Waals surface area contributed by atoms with E-state index in [-0.39, 0.29) is 12.0 Å². The predicted molar refractivity (Wildman–Crippen MR) is 231 cm³/mol. The first-order valence-corrected chi connectivity index (χ1v) is 20.8. The lowest BCUT2D eigenvalue weighted by atomic mass is 10.0. The number of thiophene rings is 2. The van der Waals surface area contributed by atoms with Gasteiger partial charge in [0.2, 0.25) is 5.43 Å². The van der Waals surface area contributed by atoms with E-state index in [0.717, 1.165) is 91.5 Å². The van der Waals surface area contributed by atoms with Gasteiger partial charge < -0.3 is 4.74 Å². The van der Waals surface area contributed by atoms with E-state index in [1.807, 2.05) is 91.0 Å². The Morgan fingerprint density at radius 1 is 0.632 bits per heavy atom. The maximum absolute atomic E-state index is 14.0. The third-order valence-electron chi connectivity index (χ3n) is 10.5. The molecule has 0 radical (unpaired) electrons. The van der Waals surface area contributed by atoms with Crippen LogP contribution >= 0.6 is 46.1 Å². The van der Waals surface area contributed by atoms with Gasteiger partial charge in [-0.1, -0.05) is 72.8 Å². The van der Waals surface area contributed by atoms with Gasteiger partial charge >= 0.3 is 6.09 Å². The van der Waals surface area contributed by atoms with Gasteiger partial charge in [0, 0.05) is 42.1 Å². The topological polar surface area (TPSA) is 129 Å². The number of benzene rings is 6. The molecule has 12 aromatic rings. The van der Waals surface area contributed by atoms with Crippen molar-refractivity contribution >= 4 is 143 Å². The predicted octanol–water partition coefficient (Wildman–Crippen LogP) is 10.2. The molecule has 12 rings (SSSR count). The standard InChI is InChI=1S/C43H20N6O4S4/c50-39-27-15-22-11-5-4-10-21(22)14-24(27)36(40(39)51)44-29-17-26-25(34-37(29)48-57-46-34)16-28(35-33(26)45-56-47-35)32-18-30-41(55-32)42-38(23-12-6-7-13-31(23)54-42)49(30)43(52)53-19-20-8-2-1-3-9-20/h1-18H,19H2/b44-36-. The first-order valence-electron chi connectivity index (χ1n) is 17.7. The number of ether oxygens (including phenoxy) is 1. The lowest BCUT2D eigenvalue weighted by Gasteiger charge is -2.08. The van der Waals surface area contributed by atoms with Crippen molar-refractivity contribution in [2.75, 3.05) is 0 Å². The van der Waals surface area contributed by atoms with Crippen LogP contribution in [-0.2, 0) is 11.3 Å². The Morgan fingerprint density at radius 2 is 1.32 bits per heavy atom. The number of hydrogen-bond donors (Lipinski definition) is 0. The second kappa shape index (κ2) is 12.2. The van der Waals surface area contributed by atoms with Gasteiger partial charge in [-0.3, -0.25) is 9.59 Å². The van der Waals surface area contributed by atoms with E-state index in [2.05, 4.69) is 16.5 Å². The summed E-state index contributed by atoms with van der Waals surface area (Å²) in [7, 11) is 0. The molecule has 270 valence electrons. The van der Waals surface area contributed by atoms with Crippen molar-refractivity contribution in [3.63, 3.8) is 0 Å².